The molecule has 0 aliphatic carbocycles. The van der Waals surface area contributed by atoms with Gasteiger partial charge in [-0.2, -0.15) is 0 Å². The van der Waals surface area contributed by atoms with Crippen molar-refractivity contribution in [2.45, 2.75) is 52.9 Å². The van der Waals surface area contributed by atoms with Crippen molar-refractivity contribution in [1.82, 2.24) is 0 Å². The van der Waals surface area contributed by atoms with Gasteiger partial charge in [0.05, 0.1) is 0 Å². The number of hydrogen-bond acceptors (Lipinski definition) is 0. The molecule has 0 nitrogen and oxygen atoms in total. The van der Waals surface area contributed by atoms with E-state index in [0.29, 0.717) is 0 Å². The highest BCUT2D eigenvalue weighted by Gasteiger charge is 1.96. The maximum Gasteiger partial charge on any atom is -0.0321 e. The summed E-state index contributed by atoms with van der Waals surface area (Å²) in [7, 11) is 0. The highest BCUT2D eigenvalue weighted by Crippen LogP contribution is 2.14. The SMILES string of the molecule is C=C(CCCC)CCC(C)C. The van der Waals surface area contributed by atoms with E-state index in [2.05, 4.69) is 27.4 Å². The molecule has 0 aliphatic heterocycles. The van der Waals surface area contributed by atoms with Crippen LogP contribution in [0.15, 0.2) is 12.2 Å². The van der Waals surface area contributed by atoms with E-state index in [1.807, 2.05) is 0 Å². The third-order valence-electron chi connectivity index (χ3n) is 1.96. The van der Waals surface area contributed by atoms with Crippen molar-refractivity contribution >= 4 is 0 Å². The Hall–Kier alpha value is -0.260. The molecule has 0 unspecified atom stereocenters. The average molecular weight is 154 g/mol. The zero-order valence-electron chi connectivity index (χ0n) is 8.32. The minimum atomic E-state index is 0.827. The van der Waals surface area contributed by atoms with Crippen LogP contribution in [0.2, 0.25) is 0 Å². The van der Waals surface area contributed by atoms with E-state index in [4.69, 9.17) is 0 Å². The van der Waals surface area contributed by atoms with Crippen LogP contribution in [0.5, 0.6) is 0 Å². The zero-order valence-corrected chi connectivity index (χ0v) is 8.32. The van der Waals surface area contributed by atoms with Crippen LogP contribution < -0.4 is 0 Å². The smallest absolute Gasteiger partial charge is 0.0321 e. The molecule has 0 spiro atoms. The van der Waals surface area contributed by atoms with Crippen LogP contribution in [0.3, 0.4) is 0 Å². The summed E-state index contributed by atoms with van der Waals surface area (Å²) in [5.41, 5.74) is 1.44. The van der Waals surface area contributed by atoms with Crippen molar-refractivity contribution in [3.8, 4) is 0 Å². The predicted octanol–water partition coefficient (Wildman–Crippen LogP) is 4.17. The molecule has 0 fully saturated rings. The standard InChI is InChI=1S/C11H22/c1-5-6-7-11(4)9-8-10(2)3/h10H,4-9H2,1-3H3. The van der Waals surface area contributed by atoms with Gasteiger partial charge in [-0.1, -0.05) is 39.3 Å². The summed E-state index contributed by atoms with van der Waals surface area (Å²) in [4.78, 5) is 0. The third kappa shape index (κ3) is 7.64. The van der Waals surface area contributed by atoms with Gasteiger partial charge < -0.3 is 0 Å². The summed E-state index contributed by atoms with van der Waals surface area (Å²) >= 11 is 0. The van der Waals surface area contributed by atoms with Crippen LogP contribution in [0.1, 0.15) is 52.9 Å². The van der Waals surface area contributed by atoms with Gasteiger partial charge in [0.2, 0.25) is 0 Å². The van der Waals surface area contributed by atoms with Crippen LogP contribution >= 0.6 is 0 Å². The summed E-state index contributed by atoms with van der Waals surface area (Å²) in [5, 5.41) is 0. The maximum atomic E-state index is 4.06. The molecule has 0 heterocycles. The summed E-state index contributed by atoms with van der Waals surface area (Å²) in [6.07, 6.45) is 6.39. The Morgan fingerprint density at radius 3 is 2.36 bits per heavy atom. The Bertz CT molecular complexity index is 101. The van der Waals surface area contributed by atoms with E-state index >= 15 is 0 Å². The van der Waals surface area contributed by atoms with Gasteiger partial charge in [0.15, 0.2) is 0 Å². The highest BCUT2D eigenvalue weighted by atomic mass is 14.0. The van der Waals surface area contributed by atoms with Gasteiger partial charge in [0.25, 0.3) is 0 Å². The van der Waals surface area contributed by atoms with Gasteiger partial charge in [-0.3, -0.25) is 0 Å². The Balaban J connectivity index is 3.23. The van der Waals surface area contributed by atoms with Crippen molar-refractivity contribution in [3.05, 3.63) is 12.2 Å². The van der Waals surface area contributed by atoms with Gasteiger partial charge in [0, 0.05) is 0 Å². The monoisotopic (exact) mass is 154 g/mol. The predicted molar refractivity (Wildman–Crippen MR) is 52.7 cm³/mol. The molecule has 0 saturated heterocycles. The molecule has 0 aromatic heterocycles. The second-order valence-corrected chi connectivity index (χ2v) is 3.79. The molecule has 0 heteroatoms. The molecule has 11 heavy (non-hydrogen) atoms. The van der Waals surface area contributed by atoms with E-state index in [1.165, 1.54) is 37.7 Å². The molecule has 0 amide bonds. The molecule has 0 aromatic rings. The zero-order chi connectivity index (χ0) is 8.69. The minimum absolute atomic E-state index is 0.827. The fourth-order valence-corrected chi connectivity index (χ4v) is 1.04. The van der Waals surface area contributed by atoms with E-state index in [1.54, 1.807) is 0 Å². The van der Waals surface area contributed by atoms with E-state index < -0.39 is 0 Å². The molecular formula is C11H22. The first-order valence-electron chi connectivity index (χ1n) is 4.83. The lowest BCUT2D eigenvalue weighted by Crippen LogP contribution is -1.89. The van der Waals surface area contributed by atoms with Gasteiger partial charge in [0.1, 0.15) is 0 Å². The van der Waals surface area contributed by atoms with Gasteiger partial charge in [-0.05, 0) is 31.6 Å². The molecule has 0 N–H and O–H groups in total. The van der Waals surface area contributed by atoms with Crippen molar-refractivity contribution < 1.29 is 0 Å². The van der Waals surface area contributed by atoms with Crippen LogP contribution in [0.25, 0.3) is 0 Å². The largest absolute Gasteiger partial charge is 0.0999 e. The lowest BCUT2D eigenvalue weighted by molar-refractivity contribution is 0.574. The first kappa shape index (κ1) is 10.7. The second-order valence-electron chi connectivity index (χ2n) is 3.79. The van der Waals surface area contributed by atoms with E-state index in [-0.39, 0.29) is 0 Å². The normalized spacial score (nSPS) is 10.5. The van der Waals surface area contributed by atoms with Crippen molar-refractivity contribution in [2.75, 3.05) is 0 Å². The maximum absolute atomic E-state index is 4.06. The summed E-state index contributed by atoms with van der Waals surface area (Å²) in [6.45, 7) is 10.8. The van der Waals surface area contributed by atoms with Gasteiger partial charge >= 0.3 is 0 Å². The first-order valence-corrected chi connectivity index (χ1v) is 4.83. The number of allylic oxidation sites excluding steroid dienone is 1. The van der Waals surface area contributed by atoms with Crippen molar-refractivity contribution in [2.24, 2.45) is 5.92 Å². The molecule has 66 valence electrons. The van der Waals surface area contributed by atoms with E-state index in [0.717, 1.165) is 5.92 Å². The number of unbranched alkanes of at least 4 members (excludes halogenated alkanes) is 1. The topological polar surface area (TPSA) is 0 Å². The lowest BCUT2D eigenvalue weighted by Gasteiger charge is -2.06. The fourth-order valence-electron chi connectivity index (χ4n) is 1.04. The highest BCUT2D eigenvalue weighted by molar-refractivity contribution is 4.93. The van der Waals surface area contributed by atoms with E-state index in [9.17, 15) is 0 Å². The lowest BCUT2D eigenvalue weighted by atomic mass is 10.0. The summed E-state index contributed by atoms with van der Waals surface area (Å²) in [5.74, 6) is 0.827. The van der Waals surface area contributed by atoms with Crippen LogP contribution in [0.4, 0.5) is 0 Å². The average Bonchev–Trinajstić information content (AvgIpc) is 1.97. The second kappa shape index (κ2) is 6.45. The molecule has 0 rings (SSSR count). The molecule has 0 saturated carbocycles. The molecular weight excluding hydrogens is 132 g/mol. The first-order chi connectivity index (χ1) is 5.16. The molecule has 0 bridgehead atoms. The van der Waals surface area contributed by atoms with Crippen LogP contribution in [0, 0.1) is 5.92 Å². The molecule has 0 aliphatic rings. The molecule has 0 aromatic carbocycles. The quantitative estimate of drug-likeness (QED) is 0.504. The molecule has 0 atom stereocenters. The fraction of sp³-hybridized carbons (Fsp3) is 0.818. The van der Waals surface area contributed by atoms with Crippen molar-refractivity contribution in [3.63, 3.8) is 0 Å². The van der Waals surface area contributed by atoms with Gasteiger partial charge in [-0.25, -0.2) is 0 Å². The Labute approximate surface area is 71.7 Å². The van der Waals surface area contributed by atoms with Gasteiger partial charge in [-0.15, -0.1) is 0 Å². The Morgan fingerprint density at radius 2 is 1.91 bits per heavy atom. The molecule has 0 radical (unpaired) electrons. The summed E-state index contributed by atoms with van der Waals surface area (Å²) in [6, 6.07) is 0. The Kier molecular flexibility index (Phi) is 6.30. The number of hydrogen-bond donors (Lipinski definition) is 0. The third-order valence-corrected chi connectivity index (χ3v) is 1.96. The van der Waals surface area contributed by atoms with Crippen LogP contribution in [-0.2, 0) is 0 Å². The number of rotatable bonds is 6. The Morgan fingerprint density at radius 1 is 1.27 bits per heavy atom. The van der Waals surface area contributed by atoms with Crippen LogP contribution in [-0.4, -0.2) is 0 Å². The summed E-state index contributed by atoms with van der Waals surface area (Å²) < 4.78 is 0. The van der Waals surface area contributed by atoms with Crippen molar-refractivity contribution in [1.29, 1.82) is 0 Å². The minimum Gasteiger partial charge on any atom is -0.0999 e.